The molecule has 0 bridgehead atoms. The molecule has 2 aliphatic rings. The maximum atomic E-state index is 6.02. The summed E-state index contributed by atoms with van der Waals surface area (Å²) in [6, 6.07) is 10.5. The number of rotatable bonds is 3. The van der Waals surface area contributed by atoms with Crippen molar-refractivity contribution < 1.29 is 9.47 Å². The summed E-state index contributed by atoms with van der Waals surface area (Å²) in [5.74, 6) is 0.979. The van der Waals surface area contributed by atoms with Crippen molar-refractivity contribution in [3.05, 3.63) is 41.0 Å². The molecule has 0 saturated carbocycles. The standard InChI is InChI=1S/C21H23BrN4O2/c22-16-4-5-18-17(14-16)21(24-26(18)20-3-1-2-10-28-20)15-6-7-23-19(13-15)25-8-11-27-12-9-25/h4-7,13-14,20H,1-3,8-12H2. The smallest absolute Gasteiger partial charge is 0.150 e. The second kappa shape index (κ2) is 7.81. The van der Waals surface area contributed by atoms with E-state index in [1.165, 1.54) is 6.42 Å². The zero-order valence-electron chi connectivity index (χ0n) is 15.7. The van der Waals surface area contributed by atoms with Crippen LogP contribution in [0.25, 0.3) is 22.2 Å². The Morgan fingerprint density at radius 3 is 2.75 bits per heavy atom. The van der Waals surface area contributed by atoms with Crippen molar-refractivity contribution in [2.75, 3.05) is 37.8 Å². The molecule has 3 aromatic rings. The van der Waals surface area contributed by atoms with Gasteiger partial charge in [0, 0.05) is 41.3 Å². The average molecular weight is 443 g/mol. The number of anilines is 1. The van der Waals surface area contributed by atoms with Gasteiger partial charge in [-0.1, -0.05) is 15.9 Å². The van der Waals surface area contributed by atoms with Crippen molar-refractivity contribution in [3.63, 3.8) is 0 Å². The first-order valence-electron chi connectivity index (χ1n) is 9.88. The summed E-state index contributed by atoms with van der Waals surface area (Å²) in [7, 11) is 0. The van der Waals surface area contributed by atoms with E-state index in [9.17, 15) is 0 Å². The molecule has 1 atom stereocenters. The fourth-order valence-electron chi connectivity index (χ4n) is 3.99. The Kier molecular flexibility index (Phi) is 5.05. The van der Waals surface area contributed by atoms with Gasteiger partial charge in [-0.05, 0) is 49.6 Å². The Labute approximate surface area is 172 Å². The summed E-state index contributed by atoms with van der Waals surface area (Å²) >= 11 is 3.62. The van der Waals surface area contributed by atoms with E-state index in [-0.39, 0.29) is 6.23 Å². The molecule has 7 heteroatoms. The first-order valence-corrected chi connectivity index (χ1v) is 10.7. The highest BCUT2D eigenvalue weighted by molar-refractivity contribution is 9.10. The average Bonchev–Trinajstić information content (AvgIpc) is 3.14. The minimum Gasteiger partial charge on any atom is -0.378 e. The van der Waals surface area contributed by atoms with Crippen molar-refractivity contribution in [1.82, 2.24) is 14.8 Å². The summed E-state index contributed by atoms with van der Waals surface area (Å²) in [6.45, 7) is 4.03. The van der Waals surface area contributed by atoms with Gasteiger partial charge in [-0.15, -0.1) is 0 Å². The van der Waals surface area contributed by atoms with Crippen molar-refractivity contribution in [1.29, 1.82) is 0 Å². The third kappa shape index (κ3) is 3.43. The number of hydrogen-bond acceptors (Lipinski definition) is 5. The molecule has 4 heterocycles. The molecule has 0 radical (unpaired) electrons. The fraction of sp³-hybridized carbons (Fsp3) is 0.429. The van der Waals surface area contributed by atoms with Crippen molar-refractivity contribution in [2.24, 2.45) is 0 Å². The molecule has 0 spiro atoms. The maximum Gasteiger partial charge on any atom is 0.150 e. The van der Waals surface area contributed by atoms with Crippen LogP contribution >= 0.6 is 15.9 Å². The van der Waals surface area contributed by atoms with E-state index in [1.807, 2.05) is 12.3 Å². The van der Waals surface area contributed by atoms with Crippen molar-refractivity contribution >= 4 is 32.7 Å². The van der Waals surface area contributed by atoms with Gasteiger partial charge in [-0.3, -0.25) is 0 Å². The van der Waals surface area contributed by atoms with E-state index >= 15 is 0 Å². The number of nitrogens with zero attached hydrogens (tertiary/aromatic N) is 4. The Morgan fingerprint density at radius 1 is 1.04 bits per heavy atom. The van der Waals surface area contributed by atoms with Gasteiger partial charge in [0.25, 0.3) is 0 Å². The second-order valence-corrected chi connectivity index (χ2v) is 8.19. The zero-order chi connectivity index (χ0) is 18.9. The maximum absolute atomic E-state index is 6.02. The van der Waals surface area contributed by atoms with Crippen LogP contribution in [0.4, 0.5) is 5.82 Å². The van der Waals surface area contributed by atoms with Crippen LogP contribution in [0.1, 0.15) is 25.5 Å². The molecule has 2 saturated heterocycles. The van der Waals surface area contributed by atoms with Gasteiger partial charge in [-0.2, -0.15) is 5.10 Å². The Bertz CT molecular complexity index is 978. The van der Waals surface area contributed by atoms with Crippen LogP contribution in [0.3, 0.4) is 0 Å². The topological polar surface area (TPSA) is 52.4 Å². The second-order valence-electron chi connectivity index (χ2n) is 7.28. The normalized spacial score (nSPS) is 20.6. The van der Waals surface area contributed by atoms with Gasteiger partial charge in [0.15, 0.2) is 6.23 Å². The minimum atomic E-state index is 0.00623. The zero-order valence-corrected chi connectivity index (χ0v) is 17.3. The highest BCUT2D eigenvalue weighted by Gasteiger charge is 2.22. The summed E-state index contributed by atoms with van der Waals surface area (Å²) in [5.41, 5.74) is 3.16. The van der Waals surface area contributed by atoms with Crippen molar-refractivity contribution in [3.8, 4) is 11.3 Å². The number of fused-ring (bicyclic) bond motifs is 1. The lowest BCUT2D eigenvalue weighted by Gasteiger charge is -2.27. The Balaban J connectivity index is 1.59. The van der Waals surface area contributed by atoms with Crippen LogP contribution in [-0.2, 0) is 9.47 Å². The van der Waals surface area contributed by atoms with E-state index in [1.54, 1.807) is 0 Å². The van der Waals surface area contributed by atoms with Crippen LogP contribution in [-0.4, -0.2) is 47.7 Å². The van der Waals surface area contributed by atoms with Gasteiger partial charge >= 0.3 is 0 Å². The molecule has 6 nitrogen and oxygen atoms in total. The summed E-state index contributed by atoms with van der Waals surface area (Å²) in [4.78, 5) is 6.85. The summed E-state index contributed by atoms with van der Waals surface area (Å²) in [6.07, 6.45) is 5.18. The molecule has 28 heavy (non-hydrogen) atoms. The molecule has 0 N–H and O–H groups in total. The number of halogens is 1. The lowest BCUT2D eigenvalue weighted by Crippen LogP contribution is -2.36. The number of benzene rings is 1. The molecule has 0 aliphatic carbocycles. The number of hydrogen-bond donors (Lipinski definition) is 0. The van der Waals surface area contributed by atoms with Crippen LogP contribution in [0.5, 0.6) is 0 Å². The number of aromatic nitrogens is 3. The highest BCUT2D eigenvalue weighted by atomic mass is 79.9. The molecule has 146 valence electrons. The van der Waals surface area contributed by atoms with Crippen molar-refractivity contribution in [2.45, 2.75) is 25.5 Å². The molecule has 5 rings (SSSR count). The van der Waals surface area contributed by atoms with E-state index in [0.717, 1.165) is 78.2 Å². The van der Waals surface area contributed by atoms with Gasteiger partial charge in [0.05, 0.1) is 18.7 Å². The van der Waals surface area contributed by atoms with Gasteiger partial charge in [0.2, 0.25) is 0 Å². The molecule has 2 aliphatic heterocycles. The summed E-state index contributed by atoms with van der Waals surface area (Å²) in [5, 5.41) is 6.14. The number of morpholine rings is 1. The monoisotopic (exact) mass is 442 g/mol. The largest absolute Gasteiger partial charge is 0.378 e. The predicted molar refractivity (Wildman–Crippen MR) is 113 cm³/mol. The Morgan fingerprint density at radius 2 is 1.93 bits per heavy atom. The van der Waals surface area contributed by atoms with Crippen LogP contribution in [0, 0.1) is 0 Å². The van der Waals surface area contributed by atoms with Gasteiger partial charge < -0.3 is 14.4 Å². The van der Waals surface area contributed by atoms with E-state index < -0.39 is 0 Å². The van der Waals surface area contributed by atoms with Crippen LogP contribution in [0.15, 0.2) is 41.0 Å². The molecule has 2 aromatic heterocycles. The van der Waals surface area contributed by atoms with Crippen LogP contribution in [0.2, 0.25) is 0 Å². The van der Waals surface area contributed by atoms with Gasteiger partial charge in [0.1, 0.15) is 11.5 Å². The fourth-order valence-corrected chi connectivity index (χ4v) is 4.35. The highest BCUT2D eigenvalue weighted by Crippen LogP contribution is 2.35. The number of pyridine rings is 1. The summed E-state index contributed by atoms with van der Waals surface area (Å²) < 4.78 is 14.6. The SMILES string of the molecule is Brc1ccc2c(c1)c(-c1ccnc(N3CCOCC3)c1)nn2C1CCCCO1. The Hall–Kier alpha value is -1.96. The third-order valence-electron chi connectivity index (χ3n) is 5.45. The quantitative estimate of drug-likeness (QED) is 0.601. The first kappa shape index (κ1) is 18.1. The van der Waals surface area contributed by atoms with E-state index in [2.05, 4.69) is 54.8 Å². The lowest BCUT2D eigenvalue weighted by atomic mass is 10.1. The first-order chi connectivity index (χ1) is 13.8. The molecular formula is C21H23BrN4O2. The molecule has 1 unspecified atom stereocenters. The molecular weight excluding hydrogens is 420 g/mol. The molecule has 2 fully saturated rings. The van der Waals surface area contributed by atoms with Gasteiger partial charge in [-0.25, -0.2) is 9.67 Å². The lowest BCUT2D eigenvalue weighted by molar-refractivity contribution is -0.0365. The third-order valence-corrected chi connectivity index (χ3v) is 5.94. The van der Waals surface area contributed by atoms with E-state index in [0.29, 0.717) is 0 Å². The molecule has 0 amide bonds. The number of ether oxygens (including phenoxy) is 2. The predicted octanol–water partition coefficient (Wildman–Crippen LogP) is 4.40. The minimum absolute atomic E-state index is 0.00623. The molecule has 1 aromatic carbocycles. The van der Waals surface area contributed by atoms with Crippen LogP contribution < -0.4 is 4.90 Å². The van der Waals surface area contributed by atoms with E-state index in [4.69, 9.17) is 14.6 Å².